The van der Waals surface area contributed by atoms with Crippen LogP contribution >= 0.6 is 31.9 Å². The van der Waals surface area contributed by atoms with Gasteiger partial charge in [0, 0.05) is 8.95 Å². The van der Waals surface area contributed by atoms with Crippen molar-refractivity contribution in [3.8, 4) is 0 Å². The second-order valence-electron chi connectivity index (χ2n) is 3.00. The highest BCUT2D eigenvalue weighted by Gasteiger charge is 2.38. The highest BCUT2D eigenvalue weighted by molar-refractivity contribution is 9.11. The minimum atomic E-state index is -4.69. The van der Waals surface area contributed by atoms with Gasteiger partial charge >= 0.3 is 6.18 Å². The molecule has 0 aliphatic rings. The van der Waals surface area contributed by atoms with E-state index in [2.05, 4.69) is 36.8 Å². The Balaban J connectivity index is 2.83. The number of benzene rings is 1. The second kappa shape index (κ2) is 3.63. The van der Waals surface area contributed by atoms with Crippen LogP contribution in [0, 0.1) is 0 Å². The fourth-order valence-electron chi connectivity index (χ4n) is 1.28. The van der Waals surface area contributed by atoms with Crippen LogP contribution in [0.15, 0.2) is 21.1 Å². The van der Waals surface area contributed by atoms with Gasteiger partial charge in [0.1, 0.15) is 11.0 Å². The number of hydrogen-bond donors (Lipinski definition) is 1. The number of rotatable bonds is 0. The Hall–Kier alpha value is -0.760. The smallest absolute Gasteiger partial charge is 0.426 e. The first-order valence-electron chi connectivity index (χ1n) is 3.94. The number of hydrogen-bond acceptors (Lipinski definition) is 2. The molecule has 0 saturated carbocycles. The molecule has 2 aromatic rings. The Bertz CT molecular complexity index is 564. The molecule has 16 heavy (non-hydrogen) atoms. The molecule has 1 N–H and O–H groups in total. The Kier molecular flexibility index (Phi) is 2.66. The third kappa shape index (κ3) is 1.80. The second-order valence-corrected chi connectivity index (χ2v) is 4.77. The van der Waals surface area contributed by atoms with Gasteiger partial charge in [-0.15, -0.1) is 0 Å². The van der Waals surface area contributed by atoms with Crippen molar-refractivity contribution in [2.75, 3.05) is 0 Å². The van der Waals surface area contributed by atoms with Crippen molar-refractivity contribution in [2.45, 2.75) is 6.18 Å². The van der Waals surface area contributed by atoms with E-state index >= 15 is 0 Å². The highest BCUT2D eigenvalue weighted by atomic mass is 79.9. The quantitative estimate of drug-likeness (QED) is 0.726. The van der Waals surface area contributed by atoms with Crippen LogP contribution in [0.2, 0.25) is 0 Å². The van der Waals surface area contributed by atoms with Crippen molar-refractivity contribution < 1.29 is 18.4 Å². The SMILES string of the molecule is On1c(C(F)(F)F)nc2c(Br)cc(Br)cc21. The summed E-state index contributed by atoms with van der Waals surface area (Å²) in [5.41, 5.74) is 0.0339. The Morgan fingerprint density at radius 2 is 1.88 bits per heavy atom. The molecule has 1 heterocycles. The van der Waals surface area contributed by atoms with E-state index in [1.807, 2.05) is 0 Å². The van der Waals surface area contributed by atoms with E-state index < -0.39 is 12.0 Å². The normalized spacial score (nSPS) is 12.3. The number of aromatic nitrogens is 2. The summed E-state index contributed by atoms with van der Waals surface area (Å²) in [5, 5.41) is 9.37. The average molecular weight is 360 g/mol. The summed E-state index contributed by atoms with van der Waals surface area (Å²) in [6.45, 7) is 0. The van der Waals surface area contributed by atoms with Crippen LogP contribution < -0.4 is 0 Å². The summed E-state index contributed by atoms with van der Waals surface area (Å²) in [7, 11) is 0. The van der Waals surface area contributed by atoms with E-state index in [0.717, 1.165) is 0 Å². The van der Waals surface area contributed by atoms with Gasteiger partial charge in [-0.05, 0) is 28.1 Å². The lowest BCUT2D eigenvalue weighted by Crippen LogP contribution is -2.12. The molecule has 0 amide bonds. The van der Waals surface area contributed by atoms with Crippen molar-refractivity contribution in [3.05, 3.63) is 26.9 Å². The summed E-state index contributed by atoms with van der Waals surface area (Å²) < 4.78 is 38.3. The molecule has 0 fully saturated rings. The highest BCUT2D eigenvalue weighted by Crippen LogP contribution is 2.34. The molecule has 3 nitrogen and oxygen atoms in total. The molecular weight excluding hydrogens is 357 g/mol. The largest absolute Gasteiger partial charge is 0.453 e. The zero-order valence-electron chi connectivity index (χ0n) is 7.39. The molecule has 86 valence electrons. The van der Waals surface area contributed by atoms with E-state index in [4.69, 9.17) is 0 Å². The van der Waals surface area contributed by atoms with Crippen molar-refractivity contribution in [1.82, 2.24) is 9.71 Å². The first-order chi connectivity index (χ1) is 7.30. The van der Waals surface area contributed by atoms with Crippen molar-refractivity contribution >= 4 is 42.9 Å². The molecule has 0 saturated heterocycles. The standard InChI is InChI=1S/C8H3Br2F3N2O/c9-3-1-4(10)6-5(2-3)15(16)7(14-6)8(11,12)13/h1-2,16H. The Morgan fingerprint density at radius 1 is 1.25 bits per heavy atom. The lowest BCUT2D eigenvalue weighted by atomic mass is 10.3. The molecule has 8 heteroatoms. The number of halogens is 5. The number of imidazole rings is 1. The maximum atomic E-state index is 12.4. The van der Waals surface area contributed by atoms with Gasteiger partial charge in [-0.25, -0.2) is 4.98 Å². The van der Waals surface area contributed by atoms with Crippen LogP contribution in [-0.2, 0) is 6.18 Å². The third-order valence-corrected chi connectivity index (χ3v) is 2.97. The zero-order chi connectivity index (χ0) is 12.1. The minimum absolute atomic E-state index is 0.0198. The maximum absolute atomic E-state index is 12.4. The lowest BCUT2D eigenvalue weighted by Gasteiger charge is -2.03. The van der Waals surface area contributed by atoms with Gasteiger partial charge in [0.25, 0.3) is 5.82 Å². The van der Waals surface area contributed by atoms with Gasteiger partial charge in [-0.1, -0.05) is 15.9 Å². The molecule has 0 aliphatic carbocycles. The molecule has 2 rings (SSSR count). The summed E-state index contributed by atoms with van der Waals surface area (Å²) >= 11 is 6.19. The molecule has 0 atom stereocenters. The average Bonchev–Trinajstić information content (AvgIpc) is 2.43. The minimum Gasteiger partial charge on any atom is -0.426 e. The fourth-order valence-corrected chi connectivity index (χ4v) is 2.57. The monoisotopic (exact) mass is 358 g/mol. The van der Waals surface area contributed by atoms with Crippen LogP contribution in [0.1, 0.15) is 5.82 Å². The van der Waals surface area contributed by atoms with Crippen molar-refractivity contribution in [3.63, 3.8) is 0 Å². The summed E-state index contributed by atoms with van der Waals surface area (Å²) in [6.07, 6.45) is -4.69. The van der Waals surface area contributed by atoms with E-state index in [1.165, 1.54) is 6.07 Å². The molecule has 1 aromatic carbocycles. The maximum Gasteiger partial charge on any atom is 0.453 e. The molecule has 0 unspecified atom stereocenters. The molecule has 0 spiro atoms. The third-order valence-electron chi connectivity index (χ3n) is 1.91. The van der Waals surface area contributed by atoms with E-state index in [-0.39, 0.29) is 15.8 Å². The van der Waals surface area contributed by atoms with Crippen LogP contribution in [0.3, 0.4) is 0 Å². The van der Waals surface area contributed by atoms with Crippen LogP contribution in [0.25, 0.3) is 11.0 Å². The van der Waals surface area contributed by atoms with Crippen molar-refractivity contribution in [1.29, 1.82) is 0 Å². The first kappa shape index (κ1) is 11.7. The molecule has 1 aromatic heterocycles. The molecule has 0 radical (unpaired) electrons. The van der Waals surface area contributed by atoms with Gasteiger partial charge in [0.15, 0.2) is 0 Å². The van der Waals surface area contributed by atoms with Gasteiger partial charge in [0.05, 0.1) is 0 Å². The zero-order valence-corrected chi connectivity index (χ0v) is 10.6. The predicted octanol–water partition coefficient (Wildman–Crippen LogP) is 3.82. The topological polar surface area (TPSA) is 38.0 Å². The van der Waals surface area contributed by atoms with Crippen molar-refractivity contribution in [2.24, 2.45) is 0 Å². The molecule has 0 aliphatic heterocycles. The van der Waals surface area contributed by atoms with Gasteiger partial charge in [-0.3, -0.25) is 0 Å². The van der Waals surface area contributed by atoms with Crippen LogP contribution in [-0.4, -0.2) is 14.9 Å². The molecule has 0 bridgehead atoms. The first-order valence-corrected chi connectivity index (χ1v) is 5.53. The number of fused-ring (bicyclic) bond motifs is 1. The van der Waals surface area contributed by atoms with Crippen LogP contribution in [0.5, 0.6) is 0 Å². The summed E-state index contributed by atoms with van der Waals surface area (Å²) in [4.78, 5) is 3.34. The van der Waals surface area contributed by atoms with E-state index in [9.17, 15) is 18.4 Å². The van der Waals surface area contributed by atoms with E-state index in [0.29, 0.717) is 8.95 Å². The lowest BCUT2D eigenvalue weighted by molar-refractivity contribution is -0.153. The fraction of sp³-hybridized carbons (Fsp3) is 0.125. The summed E-state index contributed by atoms with van der Waals surface area (Å²) in [6, 6.07) is 2.90. The van der Waals surface area contributed by atoms with Gasteiger partial charge in [-0.2, -0.15) is 17.9 Å². The Labute approximate surface area is 104 Å². The van der Waals surface area contributed by atoms with Crippen LogP contribution in [0.4, 0.5) is 13.2 Å². The number of nitrogens with zero attached hydrogens (tertiary/aromatic N) is 2. The Morgan fingerprint density at radius 3 is 2.44 bits per heavy atom. The van der Waals surface area contributed by atoms with Gasteiger partial charge in [0.2, 0.25) is 0 Å². The van der Waals surface area contributed by atoms with E-state index in [1.54, 1.807) is 6.07 Å². The summed E-state index contributed by atoms with van der Waals surface area (Å²) in [5.74, 6) is -1.35. The van der Waals surface area contributed by atoms with Gasteiger partial charge < -0.3 is 5.21 Å². The predicted molar refractivity (Wildman–Crippen MR) is 57.3 cm³/mol. The number of alkyl halides is 3. The molecular formula is C8H3Br2F3N2O.